The minimum absolute atomic E-state index is 0.121. The molecule has 2 rings (SSSR count). The van der Waals surface area contributed by atoms with Crippen LogP contribution in [0.15, 0.2) is 24.3 Å². The molecule has 0 unspecified atom stereocenters. The fourth-order valence-electron chi connectivity index (χ4n) is 1.54. The Kier molecular flexibility index (Phi) is 4.12. The third-order valence-corrected chi connectivity index (χ3v) is 2.61. The fraction of sp³-hybridized carbons (Fsp3) is 0.286. The van der Waals surface area contributed by atoms with Crippen LogP contribution in [0.1, 0.15) is 25.6 Å². The van der Waals surface area contributed by atoms with Gasteiger partial charge in [-0.25, -0.2) is 13.8 Å². The van der Waals surface area contributed by atoms with Gasteiger partial charge in [-0.05, 0) is 12.1 Å². The molecule has 1 aromatic heterocycles. The van der Waals surface area contributed by atoms with Gasteiger partial charge in [0.25, 0.3) is 0 Å². The molecule has 0 spiro atoms. The minimum Gasteiger partial charge on any atom is -0.439 e. The second-order valence-corrected chi connectivity index (χ2v) is 4.53. The minimum atomic E-state index is -0.963. The van der Waals surface area contributed by atoms with Crippen molar-refractivity contribution in [3.8, 4) is 11.6 Å². The Balaban J connectivity index is 2.32. The summed E-state index contributed by atoms with van der Waals surface area (Å²) >= 11 is 0. The molecule has 4 nitrogen and oxygen atoms in total. The van der Waals surface area contributed by atoms with Gasteiger partial charge in [-0.1, -0.05) is 13.8 Å². The van der Waals surface area contributed by atoms with Gasteiger partial charge in [0.2, 0.25) is 5.88 Å². The molecule has 6 heteroatoms. The number of nitrogens with zero attached hydrogens (tertiary/aromatic N) is 2. The van der Waals surface area contributed by atoms with Crippen LogP contribution in [0, 0.1) is 11.6 Å². The van der Waals surface area contributed by atoms with Gasteiger partial charge in [-0.2, -0.15) is 4.98 Å². The number of rotatable bonds is 4. The Morgan fingerprint density at radius 2 is 1.85 bits per heavy atom. The van der Waals surface area contributed by atoms with Gasteiger partial charge in [-0.3, -0.25) is 0 Å². The van der Waals surface area contributed by atoms with Crippen molar-refractivity contribution in [2.75, 3.05) is 12.4 Å². The van der Waals surface area contributed by atoms with Crippen LogP contribution in [-0.2, 0) is 0 Å². The van der Waals surface area contributed by atoms with E-state index in [4.69, 9.17) is 4.74 Å². The van der Waals surface area contributed by atoms with E-state index >= 15 is 0 Å². The van der Waals surface area contributed by atoms with Crippen LogP contribution in [0.2, 0.25) is 0 Å². The zero-order chi connectivity index (χ0) is 14.7. The van der Waals surface area contributed by atoms with Crippen LogP contribution >= 0.6 is 0 Å². The third kappa shape index (κ3) is 3.20. The van der Waals surface area contributed by atoms with Gasteiger partial charge in [0, 0.05) is 25.1 Å². The predicted octanol–water partition coefficient (Wildman–Crippen LogP) is 3.71. The lowest BCUT2D eigenvalue weighted by molar-refractivity contribution is 0.443. The highest BCUT2D eigenvalue weighted by Gasteiger charge is 2.10. The van der Waals surface area contributed by atoms with E-state index in [0.29, 0.717) is 11.6 Å². The van der Waals surface area contributed by atoms with E-state index in [0.717, 1.165) is 12.1 Å². The number of anilines is 1. The molecule has 0 saturated heterocycles. The molecule has 0 fully saturated rings. The van der Waals surface area contributed by atoms with Crippen molar-refractivity contribution in [1.29, 1.82) is 0 Å². The molecule has 0 aliphatic heterocycles. The Hall–Kier alpha value is -2.24. The first-order chi connectivity index (χ1) is 9.49. The summed E-state index contributed by atoms with van der Waals surface area (Å²) in [5, 5.41) is 2.90. The average molecular weight is 279 g/mol. The van der Waals surface area contributed by atoms with Gasteiger partial charge in [0.05, 0.1) is 0 Å². The van der Waals surface area contributed by atoms with E-state index in [1.807, 2.05) is 13.8 Å². The van der Waals surface area contributed by atoms with Crippen molar-refractivity contribution in [3.63, 3.8) is 0 Å². The quantitative estimate of drug-likeness (QED) is 0.926. The van der Waals surface area contributed by atoms with E-state index in [-0.39, 0.29) is 17.5 Å². The van der Waals surface area contributed by atoms with Crippen LogP contribution in [0.3, 0.4) is 0 Å². The largest absolute Gasteiger partial charge is 0.439 e. The SMILES string of the molecule is CNc1cc(Oc2ccc(F)c(F)c2)nc(C(C)C)n1. The fourth-order valence-corrected chi connectivity index (χ4v) is 1.54. The second-order valence-electron chi connectivity index (χ2n) is 4.53. The number of nitrogens with one attached hydrogen (secondary N) is 1. The normalized spacial score (nSPS) is 10.7. The summed E-state index contributed by atoms with van der Waals surface area (Å²) in [6.45, 7) is 3.91. The molecule has 20 heavy (non-hydrogen) atoms. The van der Waals surface area contributed by atoms with E-state index in [9.17, 15) is 8.78 Å². The number of aromatic nitrogens is 2. The van der Waals surface area contributed by atoms with Crippen molar-refractivity contribution in [3.05, 3.63) is 41.7 Å². The molecule has 2 aromatic rings. The highest BCUT2D eigenvalue weighted by molar-refractivity contribution is 5.39. The van der Waals surface area contributed by atoms with E-state index < -0.39 is 11.6 Å². The van der Waals surface area contributed by atoms with Gasteiger partial charge in [0.1, 0.15) is 17.4 Å². The Morgan fingerprint density at radius 3 is 2.45 bits per heavy atom. The molecule has 0 amide bonds. The Bertz CT molecular complexity index is 617. The molecule has 1 heterocycles. The number of hydrogen-bond donors (Lipinski definition) is 1. The molecule has 0 aliphatic carbocycles. The van der Waals surface area contributed by atoms with Crippen LogP contribution in [-0.4, -0.2) is 17.0 Å². The van der Waals surface area contributed by atoms with E-state index in [1.54, 1.807) is 13.1 Å². The lowest BCUT2D eigenvalue weighted by atomic mass is 10.2. The summed E-state index contributed by atoms with van der Waals surface area (Å²) in [6.07, 6.45) is 0. The number of hydrogen-bond acceptors (Lipinski definition) is 4. The zero-order valence-corrected chi connectivity index (χ0v) is 11.4. The molecular weight excluding hydrogens is 264 g/mol. The third-order valence-electron chi connectivity index (χ3n) is 2.61. The number of benzene rings is 1. The lowest BCUT2D eigenvalue weighted by Gasteiger charge is -2.10. The van der Waals surface area contributed by atoms with Crippen molar-refractivity contribution >= 4 is 5.82 Å². The molecule has 0 saturated carbocycles. The standard InChI is InChI=1S/C14H15F2N3O/c1-8(2)14-18-12(17-3)7-13(19-14)20-9-4-5-10(15)11(16)6-9/h4-8H,1-3H3,(H,17,18,19). The first-order valence-electron chi connectivity index (χ1n) is 6.19. The topological polar surface area (TPSA) is 47.0 Å². The molecule has 0 atom stereocenters. The first kappa shape index (κ1) is 14.2. The van der Waals surface area contributed by atoms with Gasteiger partial charge < -0.3 is 10.1 Å². The van der Waals surface area contributed by atoms with Crippen molar-refractivity contribution in [2.24, 2.45) is 0 Å². The molecule has 106 valence electrons. The van der Waals surface area contributed by atoms with Crippen LogP contribution in [0.4, 0.5) is 14.6 Å². The maximum absolute atomic E-state index is 13.1. The second kappa shape index (κ2) is 5.81. The summed E-state index contributed by atoms with van der Waals surface area (Å²) in [7, 11) is 1.73. The summed E-state index contributed by atoms with van der Waals surface area (Å²) in [5.74, 6) is -0.0990. The van der Waals surface area contributed by atoms with Crippen molar-refractivity contribution in [2.45, 2.75) is 19.8 Å². The summed E-state index contributed by atoms with van der Waals surface area (Å²) in [6, 6.07) is 4.92. The summed E-state index contributed by atoms with van der Waals surface area (Å²) < 4.78 is 31.4. The van der Waals surface area contributed by atoms with Crippen molar-refractivity contribution < 1.29 is 13.5 Å². The molecule has 1 aromatic carbocycles. The van der Waals surface area contributed by atoms with Crippen molar-refractivity contribution in [1.82, 2.24) is 9.97 Å². The van der Waals surface area contributed by atoms with Crippen LogP contribution in [0.5, 0.6) is 11.6 Å². The summed E-state index contributed by atoms with van der Waals surface area (Å²) in [4.78, 5) is 8.53. The highest BCUT2D eigenvalue weighted by Crippen LogP contribution is 2.24. The van der Waals surface area contributed by atoms with E-state index in [2.05, 4.69) is 15.3 Å². The molecule has 0 aliphatic rings. The Labute approximate surface area is 115 Å². The van der Waals surface area contributed by atoms with Crippen LogP contribution in [0.25, 0.3) is 0 Å². The maximum Gasteiger partial charge on any atom is 0.224 e. The smallest absolute Gasteiger partial charge is 0.224 e. The molecule has 0 bridgehead atoms. The first-order valence-corrected chi connectivity index (χ1v) is 6.19. The van der Waals surface area contributed by atoms with Gasteiger partial charge in [-0.15, -0.1) is 0 Å². The zero-order valence-electron chi connectivity index (χ0n) is 11.4. The number of halogens is 2. The predicted molar refractivity (Wildman–Crippen MR) is 72.1 cm³/mol. The molecule has 1 N–H and O–H groups in total. The molecular formula is C14H15F2N3O. The van der Waals surface area contributed by atoms with Gasteiger partial charge in [0.15, 0.2) is 11.6 Å². The maximum atomic E-state index is 13.1. The summed E-state index contributed by atoms with van der Waals surface area (Å²) in [5.41, 5.74) is 0. The van der Waals surface area contributed by atoms with E-state index in [1.165, 1.54) is 6.07 Å². The lowest BCUT2D eigenvalue weighted by Crippen LogP contribution is -2.03. The molecule has 0 radical (unpaired) electrons. The number of ether oxygens (including phenoxy) is 1. The Morgan fingerprint density at radius 1 is 1.10 bits per heavy atom. The van der Waals surface area contributed by atoms with Crippen LogP contribution < -0.4 is 10.1 Å². The average Bonchev–Trinajstić information content (AvgIpc) is 2.42. The highest BCUT2D eigenvalue weighted by atomic mass is 19.2. The van der Waals surface area contributed by atoms with Gasteiger partial charge >= 0.3 is 0 Å². The monoisotopic (exact) mass is 279 g/mol.